The molecule has 6 N–H and O–H groups in total. The predicted molar refractivity (Wildman–Crippen MR) is 177 cm³/mol. The first-order chi connectivity index (χ1) is 20.8. The van der Waals surface area contributed by atoms with E-state index in [-0.39, 0.29) is 19.6 Å². The van der Waals surface area contributed by atoms with Gasteiger partial charge in [-0.1, -0.05) is 122 Å². The first kappa shape index (κ1) is 41.9. The van der Waals surface area contributed by atoms with Crippen molar-refractivity contribution in [2.24, 2.45) is 5.73 Å². The molecule has 0 saturated heterocycles. The molecule has 0 aliphatic carbocycles. The van der Waals surface area contributed by atoms with Gasteiger partial charge in [0.15, 0.2) is 0 Å². The highest BCUT2D eigenvalue weighted by molar-refractivity contribution is 7.47. The highest BCUT2D eigenvalue weighted by Crippen LogP contribution is 2.43. The normalized spacial score (nSPS) is 15.6. The number of nitrogens with two attached hydrogens (primary N) is 1. The van der Waals surface area contributed by atoms with Crippen molar-refractivity contribution in [2.75, 3.05) is 19.8 Å². The van der Waals surface area contributed by atoms with E-state index in [4.69, 9.17) is 14.8 Å². The number of amides is 1. The van der Waals surface area contributed by atoms with Crippen LogP contribution in [0.5, 0.6) is 0 Å². The summed E-state index contributed by atoms with van der Waals surface area (Å²) in [6.07, 6.45) is 27.0. The topological polar surface area (TPSA) is 151 Å². The SMILES string of the molecule is CCCC/C=C\CCCCC(O)CC(=O)NC(COP(=O)(O)OCCN)C(O)/C=C/CCCCCCCCCCCCC. The summed E-state index contributed by atoms with van der Waals surface area (Å²) in [6.45, 7) is 3.86. The molecule has 0 aliphatic rings. The Labute approximate surface area is 262 Å². The molecule has 0 fully saturated rings. The molecular weight excluding hydrogens is 567 g/mol. The number of allylic oxidation sites excluding steroid dienone is 3. The number of aliphatic hydroxyl groups excluding tert-OH is 2. The van der Waals surface area contributed by atoms with Gasteiger partial charge >= 0.3 is 7.82 Å². The largest absolute Gasteiger partial charge is 0.472 e. The summed E-state index contributed by atoms with van der Waals surface area (Å²) in [5.74, 6) is -0.464. The molecule has 0 aliphatic heterocycles. The van der Waals surface area contributed by atoms with E-state index < -0.39 is 38.6 Å². The highest BCUT2D eigenvalue weighted by atomic mass is 31.2. The summed E-state index contributed by atoms with van der Waals surface area (Å²) in [5, 5.41) is 23.7. The average molecular weight is 633 g/mol. The molecule has 4 unspecified atom stereocenters. The Hall–Kier alpha value is -1.06. The number of phosphoric ester groups is 1. The Kier molecular flexibility index (Phi) is 28.9. The number of hydrogen-bond donors (Lipinski definition) is 5. The maximum atomic E-state index is 12.6. The number of nitrogens with one attached hydrogen (secondary N) is 1. The van der Waals surface area contributed by atoms with Crippen molar-refractivity contribution in [3.63, 3.8) is 0 Å². The summed E-state index contributed by atoms with van der Waals surface area (Å²) >= 11 is 0. The number of rotatable bonds is 31. The molecule has 0 aromatic carbocycles. The Balaban J connectivity index is 4.56. The minimum atomic E-state index is -4.39. The van der Waals surface area contributed by atoms with Gasteiger partial charge in [-0.05, 0) is 38.5 Å². The smallest absolute Gasteiger partial charge is 0.393 e. The van der Waals surface area contributed by atoms with Crippen molar-refractivity contribution in [1.29, 1.82) is 0 Å². The van der Waals surface area contributed by atoms with Crippen LogP contribution < -0.4 is 11.1 Å². The van der Waals surface area contributed by atoms with Gasteiger partial charge in [0.25, 0.3) is 0 Å². The summed E-state index contributed by atoms with van der Waals surface area (Å²) in [5.41, 5.74) is 5.32. The zero-order valence-electron chi connectivity index (χ0n) is 27.3. The molecule has 1 amide bonds. The van der Waals surface area contributed by atoms with E-state index in [0.717, 1.165) is 44.9 Å². The van der Waals surface area contributed by atoms with Gasteiger partial charge in [-0.15, -0.1) is 0 Å². The van der Waals surface area contributed by atoms with Crippen LogP contribution >= 0.6 is 7.82 Å². The molecule has 10 heteroatoms. The first-order valence-corrected chi connectivity index (χ1v) is 18.5. The van der Waals surface area contributed by atoms with Crippen molar-refractivity contribution in [3.8, 4) is 0 Å². The molecular formula is C33H65N2O7P. The average Bonchev–Trinajstić information content (AvgIpc) is 2.97. The van der Waals surface area contributed by atoms with Crippen LogP contribution in [0.4, 0.5) is 0 Å². The lowest BCUT2D eigenvalue weighted by atomic mass is 10.0. The van der Waals surface area contributed by atoms with E-state index in [2.05, 4.69) is 31.3 Å². The van der Waals surface area contributed by atoms with E-state index in [1.54, 1.807) is 6.08 Å². The maximum absolute atomic E-state index is 12.6. The van der Waals surface area contributed by atoms with Crippen LogP contribution in [0.2, 0.25) is 0 Å². The van der Waals surface area contributed by atoms with Crippen LogP contribution in [0.1, 0.15) is 142 Å². The van der Waals surface area contributed by atoms with Gasteiger partial charge in [-0.2, -0.15) is 0 Å². The van der Waals surface area contributed by atoms with Crippen LogP contribution in [0.25, 0.3) is 0 Å². The second-order valence-corrected chi connectivity index (χ2v) is 13.0. The lowest BCUT2D eigenvalue weighted by Crippen LogP contribution is -2.46. The molecule has 0 bridgehead atoms. The van der Waals surface area contributed by atoms with E-state index in [1.165, 1.54) is 70.6 Å². The third-order valence-corrected chi connectivity index (χ3v) is 8.31. The zero-order chi connectivity index (χ0) is 32.0. The van der Waals surface area contributed by atoms with Crippen LogP contribution in [-0.2, 0) is 18.4 Å². The van der Waals surface area contributed by atoms with Gasteiger partial charge in [-0.25, -0.2) is 4.57 Å². The van der Waals surface area contributed by atoms with Gasteiger partial charge in [0.2, 0.25) is 5.91 Å². The number of carbonyl (C=O) groups is 1. The minimum absolute atomic E-state index is 0.0471. The van der Waals surface area contributed by atoms with Gasteiger partial charge in [0.1, 0.15) is 0 Å². The fourth-order valence-electron chi connectivity index (χ4n) is 4.68. The standard InChI is InChI=1S/C33H65N2O7P/c1-3-5-7-9-11-13-14-15-16-17-19-21-23-25-32(37)31(29-42-43(39,40)41-27-26-34)35-33(38)28-30(36)24-22-20-18-12-10-8-6-4-2/h10,12,23,25,30-32,36-37H,3-9,11,13-22,24,26-29,34H2,1-2H3,(H,35,38)(H,39,40)/b12-10-,25-23+. The van der Waals surface area contributed by atoms with Crippen molar-refractivity contribution in [1.82, 2.24) is 5.32 Å². The molecule has 0 aromatic rings. The number of hydrogen-bond acceptors (Lipinski definition) is 7. The van der Waals surface area contributed by atoms with Crippen molar-refractivity contribution >= 4 is 13.7 Å². The molecule has 0 saturated carbocycles. The van der Waals surface area contributed by atoms with Gasteiger partial charge in [0, 0.05) is 6.54 Å². The molecule has 43 heavy (non-hydrogen) atoms. The Morgan fingerprint density at radius 3 is 1.93 bits per heavy atom. The molecule has 0 heterocycles. The van der Waals surface area contributed by atoms with E-state index in [0.29, 0.717) is 6.42 Å². The summed E-state index contributed by atoms with van der Waals surface area (Å²) in [4.78, 5) is 22.5. The Morgan fingerprint density at radius 2 is 1.33 bits per heavy atom. The lowest BCUT2D eigenvalue weighted by Gasteiger charge is -2.24. The van der Waals surface area contributed by atoms with Crippen molar-refractivity contribution in [3.05, 3.63) is 24.3 Å². The van der Waals surface area contributed by atoms with Crippen molar-refractivity contribution in [2.45, 2.75) is 161 Å². The van der Waals surface area contributed by atoms with Crippen LogP contribution in [0, 0.1) is 0 Å². The molecule has 0 rings (SSSR count). The molecule has 9 nitrogen and oxygen atoms in total. The Morgan fingerprint density at radius 1 is 0.791 bits per heavy atom. The Bertz CT molecular complexity index is 751. The molecule has 0 radical (unpaired) electrons. The summed E-state index contributed by atoms with van der Waals surface area (Å²) in [6, 6.07) is -0.983. The molecule has 4 atom stereocenters. The minimum Gasteiger partial charge on any atom is -0.393 e. The fraction of sp³-hybridized carbons (Fsp3) is 0.848. The van der Waals surface area contributed by atoms with Gasteiger partial charge in [0.05, 0.1) is 37.9 Å². The second kappa shape index (κ2) is 29.6. The third-order valence-electron chi connectivity index (χ3n) is 7.33. The first-order valence-electron chi connectivity index (χ1n) is 17.0. The van der Waals surface area contributed by atoms with E-state index in [9.17, 15) is 24.5 Å². The quantitative estimate of drug-likeness (QED) is 0.0305. The predicted octanol–water partition coefficient (Wildman–Crippen LogP) is 7.24. The molecule has 0 spiro atoms. The van der Waals surface area contributed by atoms with Crippen LogP contribution in [-0.4, -0.2) is 59.0 Å². The maximum Gasteiger partial charge on any atom is 0.472 e. The fourth-order valence-corrected chi connectivity index (χ4v) is 5.44. The number of carbonyl (C=O) groups excluding carboxylic acids is 1. The molecule has 0 aromatic heterocycles. The monoisotopic (exact) mass is 632 g/mol. The second-order valence-electron chi connectivity index (χ2n) is 11.6. The van der Waals surface area contributed by atoms with E-state index in [1.807, 2.05) is 6.08 Å². The van der Waals surface area contributed by atoms with Crippen LogP contribution in [0.15, 0.2) is 24.3 Å². The number of unbranched alkanes of at least 4 members (excludes halogenated alkanes) is 15. The van der Waals surface area contributed by atoms with Gasteiger partial charge in [-0.3, -0.25) is 13.8 Å². The molecule has 254 valence electrons. The summed E-state index contributed by atoms with van der Waals surface area (Å²) < 4.78 is 21.9. The van der Waals surface area contributed by atoms with Crippen molar-refractivity contribution < 1.29 is 33.5 Å². The number of aliphatic hydroxyl groups is 2. The van der Waals surface area contributed by atoms with E-state index >= 15 is 0 Å². The summed E-state index contributed by atoms with van der Waals surface area (Å²) in [7, 11) is -4.39. The third kappa shape index (κ3) is 28.2. The number of phosphoric acid groups is 1. The highest BCUT2D eigenvalue weighted by Gasteiger charge is 2.27. The zero-order valence-corrected chi connectivity index (χ0v) is 28.2. The lowest BCUT2D eigenvalue weighted by molar-refractivity contribution is -0.124. The van der Waals surface area contributed by atoms with Crippen LogP contribution in [0.3, 0.4) is 0 Å². The van der Waals surface area contributed by atoms with Gasteiger partial charge < -0.3 is 26.2 Å².